The van der Waals surface area contributed by atoms with E-state index in [9.17, 15) is 9.59 Å². The molecule has 2 amide bonds. The molecule has 0 spiro atoms. The van der Waals surface area contributed by atoms with Gasteiger partial charge in [-0.1, -0.05) is 67.1 Å². The van der Waals surface area contributed by atoms with Crippen molar-refractivity contribution >= 4 is 29.0 Å². The number of benzene rings is 2. The Balaban J connectivity index is 1.72. The van der Waals surface area contributed by atoms with Crippen LogP contribution in [0.15, 0.2) is 60.3 Å². The van der Waals surface area contributed by atoms with E-state index in [4.69, 9.17) is 11.6 Å². The first-order chi connectivity index (χ1) is 13.6. The molecule has 1 fully saturated rings. The van der Waals surface area contributed by atoms with Crippen molar-refractivity contribution < 1.29 is 9.59 Å². The van der Waals surface area contributed by atoms with E-state index in [1.165, 1.54) is 4.90 Å². The van der Waals surface area contributed by atoms with Crippen molar-refractivity contribution in [2.45, 2.75) is 26.3 Å². The van der Waals surface area contributed by atoms with Crippen LogP contribution in [0.2, 0.25) is 5.02 Å². The molecule has 4 rings (SSSR count). The Labute approximate surface area is 170 Å². The summed E-state index contributed by atoms with van der Waals surface area (Å²) < 4.78 is 0. The Hall–Kier alpha value is -2.59. The minimum Gasteiger partial charge on any atom is -0.366 e. The van der Waals surface area contributed by atoms with E-state index in [-0.39, 0.29) is 18.4 Å². The quantitative estimate of drug-likeness (QED) is 0.724. The van der Waals surface area contributed by atoms with Gasteiger partial charge in [-0.05, 0) is 36.0 Å². The second-order valence-corrected chi connectivity index (χ2v) is 7.95. The standard InChI is InChI=1S/C23H23ClN2O2/c1-16-11-13-25(14-12-16)21-20(17-7-3-2-4-8-17)22(27)26(23(21)28)15-18-9-5-6-10-19(18)24/h2-10,16H,11-15H2,1H3. The smallest absolute Gasteiger partial charge is 0.278 e. The zero-order chi connectivity index (χ0) is 19.7. The van der Waals surface area contributed by atoms with Gasteiger partial charge < -0.3 is 4.90 Å². The molecule has 5 heteroatoms. The second kappa shape index (κ2) is 7.80. The summed E-state index contributed by atoms with van der Waals surface area (Å²) in [6.45, 7) is 4.01. The van der Waals surface area contributed by atoms with E-state index in [1.807, 2.05) is 48.5 Å². The van der Waals surface area contributed by atoms with Crippen LogP contribution in [0.1, 0.15) is 30.9 Å². The third-order valence-electron chi connectivity index (χ3n) is 5.59. The summed E-state index contributed by atoms with van der Waals surface area (Å²) >= 11 is 6.28. The number of piperidine rings is 1. The van der Waals surface area contributed by atoms with Crippen molar-refractivity contribution in [3.63, 3.8) is 0 Å². The van der Waals surface area contributed by atoms with Crippen molar-refractivity contribution in [2.24, 2.45) is 5.92 Å². The Kier molecular flexibility index (Phi) is 5.23. The topological polar surface area (TPSA) is 40.6 Å². The Morgan fingerprint density at radius 3 is 2.25 bits per heavy atom. The third-order valence-corrected chi connectivity index (χ3v) is 5.96. The Morgan fingerprint density at radius 2 is 1.57 bits per heavy atom. The van der Waals surface area contributed by atoms with Crippen LogP contribution in [0.4, 0.5) is 0 Å². The number of hydrogen-bond donors (Lipinski definition) is 0. The van der Waals surface area contributed by atoms with Gasteiger partial charge in [-0.25, -0.2) is 0 Å². The highest BCUT2D eigenvalue weighted by molar-refractivity contribution is 6.35. The summed E-state index contributed by atoms with van der Waals surface area (Å²) in [4.78, 5) is 30.1. The molecule has 1 saturated heterocycles. The molecule has 0 saturated carbocycles. The molecular formula is C23H23ClN2O2. The summed E-state index contributed by atoms with van der Waals surface area (Å²) in [6.07, 6.45) is 2.05. The van der Waals surface area contributed by atoms with E-state index in [0.29, 0.717) is 22.2 Å². The maximum absolute atomic E-state index is 13.4. The molecule has 0 radical (unpaired) electrons. The van der Waals surface area contributed by atoms with Gasteiger partial charge in [0.05, 0.1) is 12.1 Å². The summed E-state index contributed by atoms with van der Waals surface area (Å²) in [5.41, 5.74) is 2.60. The SMILES string of the molecule is CC1CCN(C2=C(c3ccccc3)C(=O)N(Cc3ccccc3Cl)C2=O)CC1. The molecule has 2 aliphatic heterocycles. The number of amides is 2. The second-order valence-electron chi connectivity index (χ2n) is 7.55. The summed E-state index contributed by atoms with van der Waals surface area (Å²) in [6, 6.07) is 16.8. The fourth-order valence-electron chi connectivity index (χ4n) is 3.89. The number of halogens is 1. The van der Waals surface area contributed by atoms with Gasteiger partial charge in [0.1, 0.15) is 5.70 Å². The fourth-order valence-corrected chi connectivity index (χ4v) is 4.09. The van der Waals surface area contributed by atoms with E-state index in [2.05, 4.69) is 11.8 Å². The number of rotatable bonds is 4. The van der Waals surface area contributed by atoms with Crippen molar-refractivity contribution in [1.29, 1.82) is 0 Å². The molecular weight excluding hydrogens is 372 g/mol. The largest absolute Gasteiger partial charge is 0.366 e. The van der Waals surface area contributed by atoms with Crippen molar-refractivity contribution in [3.05, 3.63) is 76.4 Å². The van der Waals surface area contributed by atoms with Gasteiger partial charge in [-0.3, -0.25) is 14.5 Å². The van der Waals surface area contributed by atoms with E-state index < -0.39 is 0 Å². The van der Waals surface area contributed by atoms with Crippen molar-refractivity contribution in [2.75, 3.05) is 13.1 Å². The van der Waals surface area contributed by atoms with Crippen LogP contribution in [-0.4, -0.2) is 34.7 Å². The fraction of sp³-hybridized carbons (Fsp3) is 0.304. The molecule has 28 heavy (non-hydrogen) atoms. The van der Waals surface area contributed by atoms with Gasteiger partial charge >= 0.3 is 0 Å². The first-order valence-electron chi connectivity index (χ1n) is 9.70. The molecule has 2 aliphatic rings. The minimum absolute atomic E-state index is 0.182. The van der Waals surface area contributed by atoms with Gasteiger partial charge in [0.2, 0.25) is 0 Å². The number of imide groups is 1. The predicted octanol–water partition coefficient (Wildman–Crippen LogP) is 4.35. The highest BCUT2D eigenvalue weighted by Gasteiger charge is 2.42. The normalized spacial score (nSPS) is 18.4. The van der Waals surface area contributed by atoms with Gasteiger partial charge in [0.15, 0.2) is 0 Å². The highest BCUT2D eigenvalue weighted by Crippen LogP contribution is 2.35. The molecule has 0 aliphatic carbocycles. The van der Waals surface area contributed by atoms with Gasteiger partial charge in [0.25, 0.3) is 11.8 Å². The molecule has 144 valence electrons. The van der Waals surface area contributed by atoms with Gasteiger partial charge in [-0.15, -0.1) is 0 Å². The number of carbonyl (C=O) groups excluding carboxylic acids is 2. The number of hydrogen-bond acceptors (Lipinski definition) is 3. The molecule has 0 N–H and O–H groups in total. The van der Waals surface area contributed by atoms with Gasteiger partial charge in [-0.2, -0.15) is 0 Å². The van der Waals surface area contributed by atoms with Gasteiger partial charge in [0, 0.05) is 18.1 Å². The summed E-state index contributed by atoms with van der Waals surface area (Å²) in [5, 5.41) is 0.560. The van der Waals surface area contributed by atoms with Crippen LogP contribution in [-0.2, 0) is 16.1 Å². The lowest BCUT2D eigenvalue weighted by atomic mass is 9.97. The molecule has 0 bridgehead atoms. The number of likely N-dealkylation sites (tertiary alicyclic amines) is 1. The monoisotopic (exact) mass is 394 g/mol. The highest BCUT2D eigenvalue weighted by atomic mass is 35.5. The Morgan fingerprint density at radius 1 is 0.929 bits per heavy atom. The first-order valence-corrected chi connectivity index (χ1v) is 10.1. The lowest BCUT2D eigenvalue weighted by Gasteiger charge is -2.32. The molecule has 2 aromatic carbocycles. The number of carbonyl (C=O) groups is 2. The molecule has 2 aromatic rings. The maximum atomic E-state index is 13.4. The van der Waals surface area contributed by atoms with Crippen molar-refractivity contribution in [1.82, 2.24) is 9.80 Å². The van der Waals surface area contributed by atoms with Crippen LogP contribution in [0.5, 0.6) is 0 Å². The zero-order valence-corrected chi connectivity index (χ0v) is 16.7. The zero-order valence-electron chi connectivity index (χ0n) is 15.9. The summed E-state index contributed by atoms with van der Waals surface area (Å²) in [7, 11) is 0. The average molecular weight is 395 g/mol. The van der Waals surface area contributed by atoms with Crippen LogP contribution in [0, 0.1) is 5.92 Å². The van der Waals surface area contributed by atoms with Crippen LogP contribution < -0.4 is 0 Å². The van der Waals surface area contributed by atoms with Crippen LogP contribution >= 0.6 is 11.6 Å². The van der Waals surface area contributed by atoms with Crippen LogP contribution in [0.25, 0.3) is 5.57 Å². The molecule has 0 unspecified atom stereocenters. The molecule has 2 heterocycles. The maximum Gasteiger partial charge on any atom is 0.278 e. The van der Waals surface area contributed by atoms with Crippen molar-refractivity contribution in [3.8, 4) is 0 Å². The Bertz CT molecular complexity index is 931. The lowest BCUT2D eigenvalue weighted by Crippen LogP contribution is -2.38. The predicted molar refractivity (Wildman–Crippen MR) is 110 cm³/mol. The van der Waals surface area contributed by atoms with E-state index >= 15 is 0 Å². The molecule has 0 aromatic heterocycles. The van der Waals surface area contributed by atoms with Crippen LogP contribution in [0.3, 0.4) is 0 Å². The summed E-state index contributed by atoms with van der Waals surface area (Å²) in [5.74, 6) is 0.173. The van der Waals surface area contributed by atoms with E-state index in [1.54, 1.807) is 6.07 Å². The average Bonchev–Trinajstić information content (AvgIpc) is 2.95. The lowest BCUT2D eigenvalue weighted by molar-refractivity contribution is -0.138. The number of nitrogens with zero attached hydrogens (tertiary/aromatic N) is 2. The third kappa shape index (κ3) is 3.45. The minimum atomic E-state index is -0.246. The first kappa shape index (κ1) is 18.8. The van der Waals surface area contributed by atoms with E-state index in [0.717, 1.165) is 37.1 Å². The molecule has 4 nitrogen and oxygen atoms in total. The molecule has 0 atom stereocenters.